The number of rotatable bonds is 12. The van der Waals surface area contributed by atoms with Crippen molar-refractivity contribution in [3.63, 3.8) is 0 Å². The van der Waals surface area contributed by atoms with Gasteiger partial charge in [0, 0.05) is 20.1 Å². The Morgan fingerprint density at radius 3 is 2.17 bits per heavy atom. The normalized spacial score (nSPS) is 21.2. The van der Waals surface area contributed by atoms with Crippen LogP contribution in [0.25, 0.3) is 0 Å². The lowest BCUT2D eigenvalue weighted by Crippen LogP contribution is -2.56. The molecule has 41 heavy (non-hydrogen) atoms. The molecule has 10 nitrogen and oxygen atoms in total. The summed E-state index contributed by atoms with van der Waals surface area (Å²) in [4.78, 5) is 58.4. The van der Waals surface area contributed by atoms with Crippen LogP contribution < -0.4 is 0 Å². The lowest BCUT2D eigenvalue weighted by Gasteiger charge is -2.37. The van der Waals surface area contributed by atoms with Gasteiger partial charge in [-0.15, -0.1) is 0 Å². The van der Waals surface area contributed by atoms with Crippen molar-refractivity contribution in [2.75, 3.05) is 26.7 Å². The number of aliphatic hydroxyl groups is 1. The summed E-state index contributed by atoms with van der Waals surface area (Å²) in [7, 11) is 1.56. The van der Waals surface area contributed by atoms with E-state index in [1.165, 1.54) is 9.80 Å². The zero-order valence-electron chi connectivity index (χ0n) is 25.3. The van der Waals surface area contributed by atoms with E-state index in [2.05, 4.69) is 0 Å². The van der Waals surface area contributed by atoms with Crippen LogP contribution in [0.4, 0.5) is 0 Å². The number of benzene rings is 1. The highest BCUT2D eigenvalue weighted by molar-refractivity contribution is 5.92. The summed E-state index contributed by atoms with van der Waals surface area (Å²) in [5, 5.41) is 9.73. The maximum Gasteiger partial charge on any atom is 0.329 e. The molecular weight excluding hydrogens is 526 g/mol. The van der Waals surface area contributed by atoms with Crippen LogP contribution in [0.1, 0.15) is 65.9 Å². The van der Waals surface area contributed by atoms with Crippen LogP contribution in [0.15, 0.2) is 30.3 Å². The maximum absolute atomic E-state index is 13.7. The first-order valence-corrected chi connectivity index (χ1v) is 14.8. The van der Waals surface area contributed by atoms with Crippen LogP contribution in [-0.2, 0) is 35.3 Å². The molecule has 0 aliphatic carbocycles. The number of carbonyl (C=O) groups excluding carboxylic acids is 4. The first kappa shape index (κ1) is 32.5. The molecule has 1 aromatic carbocycles. The van der Waals surface area contributed by atoms with Crippen molar-refractivity contribution in [3.05, 3.63) is 35.9 Å². The second-order valence-corrected chi connectivity index (χ2v) is 11.9. The summed E-state index contributed by atoms with van der Waals surface area (Å²) in [5.41, 5.74) is 0.946. The average molecular weight is 574 g/mol. The Bertz CT molecular complexity index is 1050. The van der Waals surface area contributed by atoms with Gasteiger partial charge >= 0.3 is 5.97 Å². The fourth-order valence-electron chi connectivity index (χ4n) is 5.77. The molecule has 1 unspecified atom stereocenters. The molecule has 10 heteroatoms. The van der Waals surface area contributed by atoms with Gasteiger partial charge in [0.05, 0.1) is 19.3 Å². The highest BCUT2D eigenvalue weighted by Gasteiger charge is 2.43. The summed E-state index contributed by atoms with van der Waals surface area (Å²) >= 11 is 0. The molecule has 1 aromatic rings. The summed E-state index contributed by atoms with van der Waals surface area (Å²) in [6.07, 6.45) is 0.751. The molecule has 1 N–H and O–H groups in total. The van der Waals surface area contributed by atoms with Gasteiger partial charge in [0.25, 0.3) is 11.8 Å². The smallest absolute Gasteiger partial charge is 0.329 e. The molecule has 2 aliphatic heterocycles. The molecule has 0 spiro atoms. The van der Waals surface area contributed by atoms with E-state index < -0.39 is 36.2 Å². The molecular formula is C31H47N3O7. The number of hydrogen-bond donors (Lipinski definition) is 1. The average Bonchev–Trinajstić information content (AvgIpc) is 3.64. The number of ether oxygens (including phenoxy) is 2. The van der Waals surface area contributed by atoms with E-state index in [-0.39, 0.29) is 42.9 Å². The molecule has 2 fully saturated rings. The number of likely N-dealkylation sites (N-methyl/N-ethyl adjacent to an activating group) is 1. The predicted octanol–water partition coefficient (Wildman–Crippen LogP) is 2.62. The Hall–Kier alpha value is -2.98. The van der Waals surface area contributed by atoms with Crippen molar-refractivity contribution in [1.82, 2.24) is 14.7 Å². The van der Waals surface area contributed by atoms with Crippen molar-refractivity contribution < 1.29 is 33.8 Å². The summed E-state index contributed by atoms with van der Waals surface area (Å²) in [6, 6.07) is 7.73. The number of aliphatic hydroxyl groups excluding tert-OH is 1. The number of hydrogen-bond acceptors (Lipinski definition) is 7. The molecule has 0 saturated carbocycles. The molecule has 0 bridgehead atoms. The number of nitrogens with zero attached hydrogens (tertiary/aromatic N) is 3. The highest BCUT2D eigenvalue weighted by Crippen LogP contribution is 2.25. The summed E-state index contributed by atoms with van der Waals surface area (Å²) < 4.78 is 11.6. The fraction of sp³-hybridized carbons (Fsp3) is 0.677. The monoisotopic (exact) mass is 573 g/mol. The topological polar surface area (TPSA) is 117 Å². The zero-order chi connectivity index (χ0) is 30.3. The molecule has 228 valence electrons. The molecule has 2 saturated heterocycles. The van der Waals surface area contributed by atoms with E-state index in [0.717, 1.165) is 18.4 Å². The van der Waals surface area contributed by atoms with Crippen LogP contribution >= 0.6 is 0 Å². The number of esters is 1. The van der Waals surface area contributed by atoms with Gasteiger partial charge in [-0.3, -0.25) is 14.4 Å². The van der Waals surface area contributed by atoms with Crippen molar-refractivity contribution in [1.29, 1.82) is 0 Å². The van der Waals surface area contributed by atoms with Gasteiger partial charge in [-0.05, 0) is 50.0 Å². The molecule has 5 atom stereocenters. The Kier molecular flexibility index (Phi) is 11.7. The van der Waals surface area contributed by atoms with Crippen LogP contribution in [0.2, 0.25) is 0 Å². The van der Waals surface area contributed by atoms with Gasteiger partial charge in [-0.1, -0.05) is 58.0 Å². The van der Waals surface area contributed by atoms with Crippen LogP contribution in [-0.4, -0.2) is 101 Å². The lowest BCUT2D eigenvalue weighted by atomic mass is 9.98. The minimum atomic E-state index is -1.11. The van der Waals surface area contributed by atoms with Crippen LogP contribution in [0.3, 0.4) is 0 Å². The Morgan fingerprint density at radius 2 is 1.56 bits per heavy atom. The van der Waals surface area contributed by atoms with Gasteiger partial charge < -0.3 is 29.3 Å². The maximum atomic E-state index is 13.7. The first-order chi connectivity index (χ1) is 19.5. The second kappa shape index (κ2) is 14.8. The van der Waals surface area contributed by atoms with Crippen LogP contribution in [0.5, 0.6) is 0 Å². The zero-order valence-corrected chi connectivity index (χ0v) is 25.3. The molecule has 2 heterocycles. The van der Waals surface area contributed by atoms with E-state index in [4.69, 9.17) is 9.47 Å². The molecule has 2 aliphatic rings. The first-order valence-electron chi connectivity index (χ1n) is 14.8. The summed E-state index contributed by atoms with van der Waals surface area (Å²) in [6.45, 7) is 10.1. The van der Waals surface area contributed by atoms with Gasteiger partial charge in [0.2, 0.25) is 5.91 Å². The molecule has 3 amide bonds. The van der Waals surface area contributed by atoms with Crippen molar-refractivity contribution in [2.24, 2.45) is 11.8 Å². The Morgan fingerprint density at radius 1 is 0.927 bits per heavy atom. The third-order valence-corrected chi connectivity index (χ3v) is 8.11. The van der Waals surface area contributed by atoms with E-state index in [0.29, 0.717) is 25.9 Å². The highest BCUT2D eigenvalue weighted by atomic mass is 16.6. The summed E-state index contributed by atoms with van der Waals surface area (Å²) in [5.74, 6) is -2.14. The quantitative estimate of drug-likeness (QED) is 0.382. The SMILES string of the molecule is CC(C)C(OC(=O)[C@@H]1CCCN1C(=O)[C@H](C)OCc1ccccc1)C(=O)N(C)[C@H](C(=O)N1CCC[C@H]1CO)C(C)C. The van der Waals surface area contributed by atoms with Crippen LogP contribution in [0, 0.1) is 11.8 Å². The molecule has 0 aromatic heterocycles. The largest absolute Gasteiger partial charge is 0.450 e. The Balaban J connectivity index is 1.68. The predicted molar refractivity (Wildman–Crippen MR) is 153 cm³/mol. The van der Waals surface area contributed by atoms with Crippen molar-refractivity contribution in [3.8, 4) is 0 Å². The number of amides is 3. The third kappa shape index (κ3) is 7.86. The van der Waals surface area contributed by atoms with Gasteiger partial charge in [0.15, 0.2) is 6.10 Å². The van der Waals surface area contributed by atoms with Crippen molar-refractivity contribution in [2.45, 2.75) is 97.2 Å². The fourth-order valence-corrected chi connectivity index (χ4v) is 5.77. The second-order valence-electron chi connectivity index (χ2n) is 11.9. The van der Waals surface area contributed by atoms with Gasteiger partial charge in [0.1, 0.15) is 18.2 Å². The molecule has 3 rings (SSSR count). The van der Waals surface area contributed by atoms with E-state index in [1.54, 1.807) is 32.7 Å². The minimum absolute atomic E-state index is 0.118. The molecule has 0 radical (unpaired) electrons. The Labute approximate surface area is 243 Å². The van der Waals surface area contributed by atoms with Crippen molar-refractivity contribution >= 4 is 23.7 Å². The number of carbonyl (C=O) groups is 4. The van der Waals surface area contributed by atoms with Gasteiger partial charge in [-0.2, -0.15) is 0 Å². The number of likely N-dealkylation sites (tertiary alicyclic amines) is 2. The third-order valence-electron chi connectivity index (χ3n) is 8.11. The van der Waals surface area contributed by atoms with E-state index in [9.17, 15) is 24.3 Å². The van der Waals surface area contributed by atoms with Gasteiger partial charge in [-0.25, -0.2) is 4.79 Å². The van der Waals surface area contributed by atoms with E-state index in [1.807, 2.05) is 44.2 Å². The minimum Gasteiger partial charge on any atom is -0.450 e. The standard InChI is InChI=1S/C31H47N3O7/c1-20(2)26(29(37)33-16-10-14-24(33)18-35)32(6)30(38)27(21(3)4)41-31(39)25-15-11-17-34(25)28(36)22(5)40-19-23-12-8-7-9-13-23/h7-9,12-13,20-22,24-27,35H,10-11,14-19H2,1-6H3/t22-,24-,25-,26-,27?/m0/s1. The lowest BCUT2D eigenvalue weighted by molar-refractivity contribution is -0.171. The van der Waals surface area contributed by atoms with E-state index >= 15 is 0 Å².